The maximum atomic E-state index is 5.61. The molecule has 2 heteroatoms. The third kappa shape index (κ3) is 5.71. The van der Waals surface area contributed by atoms with Crippen LogP contribution >= 0.6 is 0 Å². The van der Waals surface area contributed by atoms with E-state index in [1.54, 1.807) is 0 Å². The van der Waals surface area contributed by atoms with Gasteiger partial charge in [0.1, 0.15) is 0 Å². The van der Waals surface area contributed by atoms with E-state index in [-0.39, 0.29) is 5.41 Å². The summed E-state index contributed by atoms with van der Waals surface area (Å²) in [7, 11) is 0. The van der Waals surface area contributed by atoms with Crippen LogP contribution in [0.4, 0.5) is 0 Å². The van der Waals surface area contributed by atoms with Gasteiger partial charge in [0, 0.05) is 25.1 Å². The SMILES string of the molecule is CCOCC(C)(C)CN1CCC(C)(C)CC(C)C1. The second kappa shape index (κ2) is 6.38. The first kappa shape index (κ1) is 16.0. The minimum Gasteiger partial charge on any atom is -0.381 e. The van der Waals surface area contributed by atoms with Gasteiger partial charge in [0.2, 0.25) is 0 Å². The van der Waals surface area contributed by atoms with Crippen LogP contribution in [0.25, 0.3) is 0 Å². The Morgan fingerprint density at radius 1 is 1.33 bits per heavy atom. The molecule has 1 rings (SSSR count). The first-order valence-electron chi connectivity index (χ1n) is 7.54. The molecule has 1 aliphatic heterocycles. The van der Waals surface area contributed by atoms with E-state index in [2.05, 4.69) is 46.4 Å². The van der Waals surface area contributed by atoms with Crippen molar-refractivity contribution in [3.8, 4) is 0 Å². The summed E-state index contributed by atoms with van der Waals surface area (Å²) < 4.78 is 5.61. The van der Waals surface area contributed by atoms with Crippen LogP contribution in [0.15, 0.2) is 0 Å². The molecule has 1 unspecified atom stereocenters. The highest BCUT2D eigenvalue weighted by Gasteiger charge is 2.30. The molecule has 2 nitrogen and oxygen atoms in total. The van der Waals surface area contributed by atoms with Crippen LogP contribution in [-0.4, -0.2) is 37.7 Å². The van der Waals surface area contributed by atoms with Gasteiger partial charge >= 0.3 is 0 Å². The first-order valence-corrected chi connectivity index (χ1v) is 7.54. The maximum absolute atomic E-state index is 5.61. The lowest BCUT2D eigenvalue weighted by atomic mass is 9.82. The number of ether oxygens (including phenoxy) is 1. The molecular formula is C16H33NO. The summed E-state index contributed by atoms with van der Waals surface area (Å²) in [6.07, 6.45) is 2.68. The summed E-state index contributed by atoms with van der Waals surface area (Å²) in [5.74, 6) is 0.811. The highest BCUT2D eigenvalue weighted by Crippen LogP contribution is 2.33. The second-order valence-corrected chi connectivity index (χ2v) is 7.76. The number of hydrogen-bond donors (Lipinski definition) is 0. The molecule has 0 spiro atoms. The molecule has 0 bridgehead atoms. The number of rotatable bonds is 5. The molecule has 0 N–H and O–H groups in total. The lowest BCUT2D eigenvalue weighted by Gasteiger charge is -2.32. The molecule has 1 atom stereocenters. The average Bonchev–Trinajstić information content (AvgIpc) is 2.33. The van der Waals surface area contributed by atoms with Crippen molar-refractivity contribution in [2.24, 2.45) is 16.7 Å². The fraction of sp³-hybridized carbons (Fsp3) is 1.00. The van der Waals surface area contributed by atoms with Crippen molar-refractivity contribution in [2.75, 3.05) is 32.8 Å². The summed E-state index contributed by atoms with van der Waals surface area (Å²) in [5.41, 5.74) is 0.780. The monoisotopic (exact) mass is 255 g/mol. The Morgan fingerprint density at radius 2 is 2.00 bits per heavy atom. The topological polar surface area (TPSA) is 12.5 Å². The minimum absolute atomic E-state index is 0.268. The molecule has 1 fully saturated rings. The largest absolute Gasteiger partial charge is 0.381 e. The van der Waals surface area contributed by atoms with Gasteiger partial charge in [-0.2, -0.15) is 0 Å². The van der Waals surface area contributed by atoms with E-state index >= 15 is 0 Å². The standard InChI is InChI=1S/C16H33NO/c1-7-18-13-16(5,6)12-17-9-8-15(3,4)10-14(2)11-17/h14H,7-13H2,1-6H3. The summed E-state index contributed by atoms with van der Waals surface area (Å²) in [4.78, 5) is 2.65. The van der Waals surface area contributed by atoms with Gasteiger partial charge in [0.15, 0.2) is 0 Å². The summed E-state index contributed by atoms with van der Waals surface area (Å²) >= 11 is 0. The van der Waals surface area contributed by atoms with Gasteiger partial charge in [-0.3, -0.25) is 0 Å². The van der Waals surface area contributed by atoms with E-state index in [1.165, 1.54) is 25.9 Å². The smallest absolute Gasteiger partial charge is 0.0529 e. The maximum Gasteiger partial charge on any atom is 0.0529 e. The predicted molar refractivity (Wildman–Crippen MR) is 78.9 cm³/mol. The van der Waals surface area contributed by atoms with E-state index in [0.29, 0.717) is 5.41 Å². The Labute approximate surface area is 114 Å². The molecule has 0 aromatic carbocycles. The Bertz CT molecular complexity index is 247. The van der Waals surface area contributed by atoms with E-state index in [9.17, 15) is 0 Å². The van der Waals surface area contributed by atoms with Gasteiger partial charge in [-0.05, 0) is 37.6 Å². The number of hydrogen-bond acceptors (Lipinski definition) is 2. The zero-order valence-electron chi connectivity index (χ0n) is 13.4. The lowest BCUT2D eigenvalue weighted by Crippen LogP contribution is -2.39. The zero-order valence-corrected chi connectivity index (χ0v) is 13.4. The van der Waals surface area contributed by atoms with Crippen LogP contribution in [0.3, 0.4) is 0 Å². The van der Waals surface area contributed by atoms with Gasteiger partial charge in [0.25, 0.3) is 0 Å². The number of likely N-dealkylation sites (tertiary alicyclic amines) is 1. The van der Waals surface area contributed by atoms with Crippen molar-refractivity contribution in [1.82, 2.24) is 4.90 Å². The Kier molecular flexibility index (Phi) is 5.67. The first-order chi connectivity index (χ1) is 8.24. The lowest BCUT2D eigenvalue weighted by molar-refractivity contribution is 0.0439. The predicted octanol–water partition coefficient (Wildman–Crippen LogP) is 3.81. The molecule has 0 aromatic heterocycles. The van der Waals surface area contributed by atoms with Gasteiger partial charge in [0.05, 0.1) is 6.61 Å². The summed E-state index contributed by atoms with van der Waals surface area (Å²) in [5, 5.41) is 0. The Balaban J connectivity index is 2.51. The molecule has 1 saturated heterocycles. The zero-order chi connectivity index (χ0) is 13.8. The van der Waals surface area contributed by atoms with Crippen molar-refractivity contribution in [3.05, 3.63) is 0 Å². The average molecular weight is 255 g/mol. The summed E-state index contributed by atoms with van der Waals surface area (Å²) in [6.45, 7) is 19.3. The Morgan fingerprint density at radius 3 is 2.61 bits per heavy atom. The van der Waals surface area contributed by atoms with Crippen molar-refractivity contribution >= 4 is 0 Å². The molecule has 0 saturated carbocycles. The quantitative estimate of drug-likeness (QED) is 0.741. The Hall–Kier alpha value is -0.0800. The molecule has 0 aromatic rings. The van der Waals surface area contributed by atoms with E-state index in [0.717, 1.165) is 25.7 Å². The fourth-order valence-electron chi connectivity index (χ4n) is 3.28. The van der Waals surface area contributed by atoms with Gasteiger partial charge in [-0.15, -0.1) is 0 Å². The van der Waals surface area contributed by atoms with Crippen molar-refractivity contribution < 1.29 is 4.74 Å². The van der Waals surface area contributed by atoms with E-state index in [4.69, 9.17) is 4.74 Å². The summed E-state index contributed by atoms with van der Waals surface area (Å²) in [6, 6.07) is 0. The molecule has 1 aliphatic rings. The molecular weight excluding hydrogens is 222 g/mol. The molecule has 1 heterocycles. The second-order valence-electron chi connectivity index (χ2n) is 7.76. The molecule has 0 radical (unpaired) electrons. The van der Waals surface area contributed by atoms with Crippen LogP contribution in [0, 0.1) is 16.7 Å². The highest BCUT2D eigenvalue weighted by atomic mass is 16.5. The van der Waals surface area contributed by atoms with Gasteiger partial charge < -0.3 is 9.64 Å². The normalized spacial score (nSPS) is 26.0. The number of nitrogens with zero attached hydrogens (tertiary/aromatic N) is 1. The van der Waals surface area contributed by atoms with E-state index in [1.807, 2.05) is 0 Å². The van der Waals surface area contributed by atoms with Crippen molar-refractivity contribution in [1.29, 1.82) is 0 Å². The molecule has 18 heavy (non-hydrogen) atoms. The minimum atomic E-state index is 0.268. The third-order valence-corrected chi connectivity index (χ3v) is 3.92. The third-order valence-electron chi connectivity index (χ3n) is 3.92. The van der Waals surface area contributed by atoms with Gasteiger partial charge in [-0.1, -0.05) is 34.6 Å². The van der Waals surface area contributed by atoms with Crippen LogP contribution in [0.2, 0.25) is 0 Å². The van der Waals surface area contributed by atoms with Crippen molar-refractivity contribution in [3.63, 3.8) is 0 Å². The van der Waals surface area contributed by atoms with Gasteiger partial charge in [-0.25, -0.2) is 0 Å². The van der Waals surface area contributed by atoms with Crippen LogP contribution < -0.4 is 0 Å². The van der Waals surface area contributed by atoms with Crippen molar-refractivity contribution in [2.45, 2.75) is 54.4 Å². The molecule has 108 valence electrons. The fourth-order valence-corrected chi connectivity index (χ4v) is 3.28. The van der Waals surface area contributed by atoms with Crippen LogP contribution in [-0.2, 0) is 4.74 Å². The van der Waals surface area contributed by atoms with Crippen LogP contribution in [0.5, 0.6) is 0 Å². The molecule has 0 aliphatic carbocycles. The highest BCUT2D eigenvalue weighted by molar-refractivity contribution is 4.82. The van der Waals surface area contributed by atoms with Crippen LogP contribution in [0.1, 0.15) is 54.4 Å². The van der Waals surface area contributed by atoms with E-state index < -0.39 is 0 Å². The molecule has 0 amide bonds.